The molecule has 1 fully saturated rings. The summed E-state index contributed by atoms with van der Waals surface area (Å²) < 4.78 is 20.1. The molecule has 0 unspecified atom stereocenters. The van der Waals surface area contributed by atoms with E-state index in [1.807, 2.05) is 0 Å². The van der Waals surface area contributed by atoms with Gasteiger partial charge >= 0.3 is 5.97 Å². The molecule has 0 aromatic carbocycles. The van der Waals surface area contributed by atoms with Crippen LogP contribution in [0.25, 0.3) is 11.5 Å². The molecule has 2 aromatic rings. The molecule has 3 heterocycles. The van der Waals surface area contributed by atoms with E-state index in [0.29, 0.717) is 49.1 Å². The largest absolute Gasteiger partial charge is 0.462 e. The van der Waals surface area contributed by atoms with Crippen LogP contribution in [-0.2, 0) is 16.0 Å². The van der Waals surface area contributed by atoms with Gasteiger partial charge < -0.3 is 13.9 Å². The molecule has 0 N–H and O–H groups in total. The van der Waals surface area contributed by atoms with Crippen LogP contribution in [-0.4, -0.2) is 53.4 Å². The fraction of sp³-hybridized carbons (Fsp3) is 0.500. The normalized spacial score (nSPS) is 15.9. The highest BCUT2D eigenvalue weighted by molar-refractivity contribution is 7.03. The van der Waals surface area contributed by atoms with Crippen molar-refractivity contribution in [2.75, 3.05) is 32.9 Å². The van der Waals surface area contributed by atoms with E-state index in [4.69, 9.17) is 13.9 Å². The lowest BCUT2D eigenvalue weighted by molar-refractivity contribution is 0.0307. The molecule has 1 aliphatic rings. The summed E-state index contributed by atoms with van der Waals surface area (Å²) in [5, 5.41) is 5.77. The second kappa shape index (κ2) is 6.99. The van der Waals surface area contributed by atoms with Crippen LogP contribution in [0.3, 0.4) is 0 Å². The van der Waals surface area contributed by atoms with E-state index in [9.17, 15) is 4.79 Å². The number of morpholine rings is 1. The van der Waals surface area contributed by atoms with E-state index >= 15 is 0 Å². The van der Waals surface area contributed by atoms with Crippen LogP contribution in [0.4, 0.5) is 0 Å². The van der Waals surface area contributed by atoms with Gasteiger partial charge in [-0.1, -0.05) is 4.49 Å². The van der Waals surface area contributed by atoms with Crippen molar-refractivity contribution >= 4 is 17.5 Å². The lowest BCUT2D eigenvalue weighted by Gasteiger charge is -2.25. The van der Waals surface area contributed by atoms with Gasteiger partial charge in [-0.25, -0.2) is 4.79 Å². The molecule has 0 aliphatic carbocycles. The molecule has 3 rings (SSSR count). The third kappa shape index (κ3) is 3.34. The van der Waals surface area contributed by atoms with Gasteiger partial charge in [-0.3, -0.25) is 4.90 Å². The molecule has 22 heavy (non-hydrogen) atoms. The average molecular weight is 323 g/mol. The van der Waals surface area contributed by atoms with Crippen molar-refractivity contribution in [3.8, 4) is 11.5 Å². The van der Waals surface area contributed by atoms with Crippen molar-refractivity contribution in [1.82, 2.24) is 14.5 Å². The van der Waals surface area contributed by atoms with Gasteiger partial charge in [0, 0.05) is 24.5 Å². The van der Waals surface area contributed by atoms with Gasteiger partial charge in [0.05, 0.1) is 26.4 Å². The molecule has 0 amide bonds. The number of nitrogens with zero attached hydrogens (tertiary/aromatic N) is 3. The van der Waals surface area contributed by atoms with Crippen molar-refractivity contribution in [2.24, 2.45) is 0 Å². The Bertz CT molecular complexity index is 620. The second-order valence-electron chi connectivity index (χ2n) is 4.85. The Balaban J connectivity index is 1.86. The van der Waals surface area contributed by atoms with Gasteiger partial charge in [-0.15, -0.1) is 5.10 Å². The Hall–Kier alpha value is -1.77. The molecule has 0 saturated carbocycles. The Morgan fingerprint density at radius 2 is 2.27 bits per heavy atom. The molecule has 0 atom stereocenters. The topological polar surface area (TPSA) is 77.7 Å². The summed E-state index contributed by atoms with van der Waals surface area (Å²) in [5.41, 5.74) is 1.08. The minimum absolute atomic E-state index is 0.328. The number of ether oxygens (including phenoxy) is 2. The number of carbonyl (C=O) groups excluding carboxylic acids is 1. The Labute approximate surface area is 132 Å². The zero-order valence-corrected chi connectivity index (χ0v) is 13.1. The van der Waals surface area contributed by atoms with Crippen LogP contribution >= 0.6 is 11.5 Å². The molecule has 7 nitrogen and oxygen atoms in total. The molecule has 0 bridgehead atoms. The van der Waals surface area contributed by atoms with Crippen molar-refractivity contribution in [3.05, 3.63) is 22.8 Å². The first-order valence-corrected chi connectivity index (χ1v) is 7.99. The van der Waals surface area contributed by atoms with Crippen LogP contribution in [0.15, 0.2) is 15.9 Å². The average Bonchev–Trinajstić information content (AvgIpc) is 3.17. The predicted molar refractivity (Wildman–Crippen MR) is 79.7 cm³/mol. The van der Waals surface area contributed by atoms with E-state index in [1.54, 1.807) is 18.4 Å². The first kappa shape index (κ1) is 15.1. The van der Waals surface area contributed by atoms with E-state index in [2.05, 4.69) is 14.5 Å². The monoisotopic (exact) mass is 323 g/mol. The summed E-state index contributed by atoms with van der Waals surface area (Å²) >= 11 is 1.24. The van der Waals surface area contributed by atoms with Crippen LogP contribution in [0.5, 0.6) is 0 Å². The van der Waals surface area contributed by atoms with Gasteiger partial charge in [0.1, 0.15) is 17.0 Å². The summed E-state index contributed by atoms with van der Waals surface area (Å²) in [6.45, 7) is 5.68. The maximum absolute atomic E-state index is 12.1. The molecule has 118 valence electrons. The summed E-state index contributed by atoms with van der Waals surface area (Å²) in [6.07, 6.45) is 0. The van der Waals surface area contributed by atoms with Gasteiger partial charge in [-0.2, -0.15) is 0 Å². The molecule has 1 saturated heterocycles. The number of aromatic nitrogens is 2. The Morgan fingerprint density at radius 3 is 2.95 bits per heavy atom. The smallest absolute Gasteiger partial charge is 0.341 e. The van der Waals surface area contributed by atoms with Crippen molar-refractivity contribution in [2.45, 2.75) is 13.5 Å². The fourth-order valence-electron chi connectivity index (χ4n) is 2.29. The van der Waals surface area contributed by atoms with Gasteiger partial charge in [0.25, 0.3) is 0 Å². The number of rotatable bonds is 5. The number of hydrogen-bond acceptors (Lipinski definition) is 8. The maximum Gasteiger partial charge on any atom is 0.341 e. The van der Waals surface area contributed by atoms with E-state index in [1.165, 1.54) is 11.5 Å². The lowest BCUT2D eigenvalue weighted by atomic mass is 10.2. The molecule has 1 aliphatic heterocycles. The van der Waals surface area contributed by atoms with Crippen LogP contribution in [0, 0.1) is 0 Å². The first-order chi connectivity index (χ1) is 10.8. The molecule has 0 spiro atoms. The number of carbonyl (C=O) groups is 1. The van der Waals surface area contributed by atoms with Gasteiger partial charge in [0.15, 0.2) is 5.76 Å². The quantitative estimate of drug-likeness (QED) is 0.776. The van der Waals surface area contributed by atoms with Gasteiger partial charge in [-0.05, 0) is 18.5 Å². The van der Waals surface area contributed by atoms with Crippen molar-refractivity contribution in [3.63, 3.8) is 0 Å². The Kier molecular flexibility index (Phi) is 4.81. The van der Waals surface area contributed by atoms with E-state index in [0.717, 1.165) is 13.1 Å². The lowest BCUT2D eigenvalue weighted by Crippen LogP contribution is -2.35. The summed E-state index contributed by atoms with van der Waals surface area (Å²) in [6, 6.07) is 1.69. The van der Waals surface area contributed by atoms with Crippen molar-refractivity contribution < 1.29 is 18.7 Å². The minimum atomic E-state index is -0.371. The molecular weight excluding hydrogens is 306 g/mol. The first-order valence-electron chi connectivity index (χ1n) is 7.15. The van der Waals surface area contributed by atoms with Crippen LogP contribution < -0.4 is 0 Å². The second-order valence-corrected chi connectivity index (χ2v) is 5.46. The third-order valence-corrected chi connectivity index (χ3v) is 3.89. The minimum Gasteiger partial charge on any atom is -0.462 e. The molecular formula is C14H17N3O4S. The summed E-state index contributed by atoms with van der Waals surface area (Å²) in [7, 11) is 0. The zero-order valence-electron chi connectivity index (χ0n) is 12.3. The van der Waals surface area contributed by atoms with E-state index < -0.39 is 0 Å². The maximum atomic E-state index is 12.1. The summed E-state index contributed by atoms with van der Waals surface area (Å²) in [4.78, 5) is 14.3. The number of hydrogen-bond donors (Lipinski definition) is 0. The number of esters is 1. The van der Waals surface area contributed by atoms with Gasteiger partial charge in [0.2, 0.25) is 0 Å². The van der Waals surface area contributed by atoms with E-state index in [-0.39, 0.29) is 5.97 Å². The molecule has 2 aromatic heterocycles. The third-order valence-electron chi connectivity index (χ3n) is 3.39. The Morgan fingerprint density at radius 1 is 1.45 bits per heavy atom. The molecule has 0 radical (unpaired) electrons. The highest BCUT2D eigenvalue weighted by Gasteiger charge is 2.23. The SMILES string of the molecule is CCOC(=O)c1cc(-c2csnn2)oc1CN1CCOCC1. The number of furan rings is 1. The standard InChI is InChI=1S/C14H17N3O4S/c1-2-20-14(18)10-7-12(11-9-22-16-15-11)21-13(10)8-17-3-5-19-6-4-17/h7,9H,2-6,8H2,1H3. The highest BCUT2D eigenvalue weighted by atomic mass is 32.1. The van der Waals surface area contributed by atoms with Crippen LogP contribution in [0.1, 0.15) is 23.0 Å². The predicted octanol–water partition coefficient (Wildman–Crippen LogP) is 1.81. The zero-order chi connectivity index (χ0) is 15.4. The van der Waals surface area contributed by atoms with Crippen molar-refractivity contribution in [1.29, 1.82) is 0 Å². The van der Waals surface area contributed by atoms with Crippen LogP contribution in [0.2, 0.25) is 0 Å². The fourth-order valence-corrected chi connectivity index (χ4v) is 2.73. The molecule has 8 heteroatoms. The highest BCUT2D eigenvalue weighted by Crippen LogP contribution is 2.26. The summed E-state index contributed by atoms with van der Waals surface area (Å²) in [5.74, 6) is 0.771.